The molecule has 1 fully saturated rings. The summed E-state index contributed by atoms with van der Waals surface area (Å²) in [6.07, 6.45) is 3.02. The Bertz CT molecular complexity index is 1240. The first-order valence-electron chi connectivity index (χ1n) is 11.5. The molecule has 0 spiro atoms. The van der Waals surface area contributed by atoms with E-state index in [1.807, 2.05) is 6.07 Å². The third-order valence-electron chi connectivity index (χ3n) is 6.53. The Morgan fingerprint density at radius 3 is 2.35 bits per heavy atom. The molecule has 4 rings (SSSR count). The van der Waals surface area contributed by atoms with E-state index in [0.717, 1.165) is 31.5 Å². The lowest BCUT2D eigenvalue weighted by molar-refractivity contribution is -0.134. The third kappa shape index (κ3) is 4.94. The van der Waals surface area contributed by atoms with E-state index >= 15 is 0 Å². The van der Waals surface area contributed by atoms with Gasteiger partial charge in [-0.25, -0.2) is 13.9 Å². The lowest BCUT2D eigenvalue weighted by atomic mass is 9.98. The van der Waals surface area contributed by atoms with Crippen molar-refractivity contribution in [3.63, 3.8) is 0 Å². The second-order valence-corrected chi connectivity index (χ2v) is 10.9. The van der Waals surface area contributed by atoms with Gasteiger partial charge in [-0.2, -0.15) is 0 Å². The van der Waals surface area contributed by atoms with Gasteiger partial charge in [0.25, 0.3) is 5.91 Å². The van der Waals surface area contributed by atoms with Crippen LogP contribution in [0.15, 0.2) is 71.6 Å². The Hall–Kier alpha value is -2.94. The molecule has 0 aliphatic carbocycles. The molecule has 1 aliphatic heterocycles. The van der Waals surface area contributed by atoms with Crippen LogP contribution in [0.1, 0.15) is 31.2 Å². The second-order valence-electron chi connectivity index (χ2n) is 8.64. The Kier molecular flexibility index (Phi) is 7.50. The maximum Gasteiger partial charge on any atom is 0.265 e. The van der Waals surface area contributed by atoms with Crippen molar-refractivity contribution < 1.29 is 23.2 Å². The molecule has 1 aliphatic rings. The number of anilines is 1. The molecule has 0 aromatic heterocycles. The largest absolute Gasteiger partial charge is 0.385 e. The van der Waals surface area contributed by atoms with Crippen LogP contribution in [-0.2, 0) is 25.8 Å². The number of hydroxylamine groups is 1. The van der Waals surface area contributed by atoms with E-state index < -0.39 is 20.5 Å². The maximum absolute atomic E-state index is 13.3. The van der Waals surface area contributed by atoms with Gasteiger partial charge in [0.15, 0.2) is 14.6 Å². The topological polar surface area (TPSA) is 105 Å². The summed E-state index contributed by atoms with van der Waals surface area (Å²) in [4.78, 5) is 12.4. The summed E-state index contributed by atoms with van der Waals surface area (Å²) in [6.45, 7) is 1.06. The average Bonchev–Trinajstić information content (AvgIpc) is 2.88. The van der Waals surface area contributed by atoms with Crippen molar-refractivity contribution in [1.82, 2.24) is 5.48 Å². The van der Waals surface area contributed by atoms with E-state index in [-0.39, 0.29) is 31.0 Å². The van der Waals surface area contributed by atoms with Gasteiger partial charge in [-0.3, -0.25) is 10.0 Å². The zero-order chi connectivity index (χ0) is 24.0. The predicted octanol–water partition coefficient (Wildman–Crippen LogP) is 4.10. The first-order valence-corrected chi connectivity index (χ1v) is 13.0. The number of nitrogens with one attached hydrogen (secondary N) is 2. The fraction of sp³-hybridized carbons (Fsp3) is 0.346. The van der Waals surface area contributed by atoms with Crippen molar-refractivity contribution in [2.24, 2.45) is 0 Å². The molecule has 180 valence electrons. The number of hydrogen-bond donors (Lipinski definition) is 3. The van der Waals surface area contributed by atoms with Crippen LogP contribution in [0.3, 0.4) is 0 Å². The number of carbonyl (C=O) groups is 1. The lowest BCUT2D eigenvalue weighted by Gasteiger charge is -2.34. The van der Waals surface area contributed by atoms with Crippen LogP contribution in [0.4, 0.5) is 5.69 Å². The number of carbonyl (C=O) groups excluding carboxylic acids is 1. The van der Waals surface area contributed by atoms with Crippen molar-refractivity contribution in [3.05, 3.63) is 72.3 Å². The highest BCUT2D eigenvalue weighted by Gasteiger charge is 2.52. The minimum atomic E-state index is -4.01. The van der Waals surface area contributed by atoms with Gasteiger partial charge >= 0.3 is 0 Å². The highest BCUT2D eigenvalue weighted by Crippen LogP contribution is 2.35. The molecule has 3 aromatic carbocycles. The number of aryl methyl sites for hydroxylation is 1. The normalized spacial score (nSPS) is 15.7. The van der Waals surface area contributed by atoms with Crippen LogP contribution in [0.5, 0.6) is 0 Å². The number of sulfone groups is 1. The fourth-order valence-electron chi connectivity index (χ4n) is 4.48. The van der Waals surface area contributed by atoms with Crippen LogP contribution in [-0.4, -0.2) is 44.0 Å². The minimum Gasteiger partial charge on any atom is -0.385 e. The van der Waals surface area contributed by atoms with E-state index in [1.54, 1.807) is 12.1 Å². The van der Waals surface area contributed by atoms with Crippen molar-refractivity contribution in [2.75, 3.05) is 25.1 Å². The molecular weight excluding hydrogens is 452 g/mol. The molecule has 1 saturated heterocycles. The quantitative estimate of drug-likeness (QED) is 0.241. The van der Waals surface area contributed by atoms with Crippen LogP contribution in [0.25, 0.3) is 10.8 Å². The minimum absolute atomic E-state index is 0.00106. The Morgan fingerprint density at radius 2 is 1.65 bits per heavy atom. The predicted molar refractivity (Wildman–Crippen MR) is 132 cm³/mol. The summed E-state index contributed by atoms with van der Waals surface area (Å²) < 4.78 is 30.1. The summed E-state index contributed by atoms with van der Waals surface area (Å²) in [7, 11) is -4.01. The van der Waals surface area contributed by atoms with Gasteiger partial charge in [0.1, 0.15) is 0 Å². The van der Waals surface area contributed by atoms with Crippen molar-refractivity contribution in [2.45, 2.75) is 41.7 Å². The number of rotatable bonds is 9. The van der Waals surface area contributed by atoms with Gasteiger partial charge in [0, 0.05) is 25.4 Å². The number of ether oxygens (including phenoxy) is 1. The Labute approximate surface area is 200 Å². The summed E-state index contributed by atoms with van der Waals surface area (Å²) in [5.74, 6) is -0.913. The van der Waals surface area contributed by atoms with E-state index in [1.165, 1.54) is 33.9 Å². The molecule has 0 unspecified atom stereocenters. The lowest BCUT2D eigenvalue weighted by Crippen LogP contribution is -2.54. The van der Waals surface area contributed by atoms with Gasteiger partial charge in [-0.1, -0.05) is 42.5 Å². The highest BCUT2D eigenvalue weighted by molar-refractivity contribution is 7.93. The molecule has 7 nitrogen and oxygen atoms in total. The van der Waals surface area contributed by atoms with E-state index in [4.69, 9.17) is 9.94 Å². The molecule has 0 atom stereocenters. The summed E-state index contributed by atoms with van der Waals surface area (Å²) in [5, 5.41) is 15.0. The first-order chi connectivity index (χ1) is 16.5. The van der Waals surface area contributed by atoms with Crippen LogP contribution < -0.4 is 10.8 Å². The monoisotopic (exact) mass is 482 g/mol. The summed E-state index contributed by atoms with van der Waals surface area (Å²) >= 11 is 0. The van der Waals surface area contributed by atoms with Gasteiger partial charge < -0.3 is 10.1 Å². The molecule has 8 heteroatoms. The number of benzene rings is 3. The molecule has 1 amide bonds. The number of hydrogen-bond acceptors (Lipinski definition) is 6. The zero-order valence-electron chi connectivity index (χ0n) is 19.0. The standard InChI is InChI=1S/C26H30N2O5S/c29-25(28-30)26(14-17-33-18-15-26)34(31,32)24-12-10-23(11-13-24)27-16-4-3-5-20-8-9-21-6-1-2-7-22(21)19-20/h1-2,6-13,19,27,30H,3-5,14-18H2,(H,28,29). The van der Waals surface area contributed by atoms with Crippen LogP contribution in [0.2, 0.25) is 0 Å². The molecule has 3 N–H and O–H groups in total. The van der Waals surface area contributed by atoms with E-state index in [2.05, 4.69) is 41.7 Å². The SMILES string of the molecule is O=C(NO)C1(S(=O)(=O)c2ccc(NCCCCc3ccc4ccccc4c3)cc2)CCOCC1. The van der Waals surface area contributed by atoms with E-state index in [0.29, 0.717) is 0 Å². The maximum atomic E-state index is 13.3. The highest BCUT2D eigenvalue weighted by atomic mass is 32.2. The smallest absolute Gasteiger partial charge is 0.265 e. The third-order valence-corrected chi connectivity index (χ3v) is 9.05. The molecule has 0 radical (unpaired) electrons. The van der Waals surface area contributed by atoms with Gasteiger partial charge in [-0.05, 0) is 72.7 Å². The molecule has 34 heavy (non-hydrogen) atoms. The van der Waals surface area contributed by atoms with Crippen molar-refractivity contribution in [3.8, 4) is 0 Å². The van der Waals surface area contributed by atoms with Gasteiger partial charge in [0.2, 0.25) is 0 Å². The zero-order valence-corrected chi connectivity index (χ0v) is 19.8. The van der Waals surface area contributed by atoms with Crippen molar-refractivity contribution >= 4 is 32.2 Å². The van der Waals surface area contributed by atoms with Crippen LogP contribution >= 0.6 is 0 Å². The van der Waals surface area contributed by atoms with Gasteiger partial charge in [0.05, 0.1) is 4.90 Å². The summed E-state index contributed by atoms with van der Waals surface area (Å²) in [5.41, 5.74) is 3.68. The Morgan fingerprint density at radius 1 is 0.941 bits per heavy atom. The average molecular weight is 483 g/mol. The molecule has 0 bridgehead atoms. The van der Waals surface area contributed by atoms with E-state index in [9.17, 15) is 13.2 Å². The van der Waals surface area contributed by atoms with Crippen LogP contribution in [0, 0.1) is 0 Å². The first kappa shape index (κ1) is 24.2. The molecule has 3 aromatic rings. The Balaban J connectivity index is 1.32. The fourth-order valence-corrected chi connectivity index (χ4v) is 6.42. The van der Waals surface area contributed by atoms with Gasteiger partial charge in [-0.15, -0.1) is 0 Å². The molecular formula is C26H30N2O5S. The number of fused-ring (bicyclic) bond motifs is 1. The molecule has 0 saturated carbocycles. The molecule has 1 heterocycles. The number of amides is 1. The second kappa shape index (κ2) is 10.5. The van der Waals surface area contributed by atoms with Crippen molar-refractivity contribution in [1.29, 1.82) is 0 Å². The number of unbranched alkanes of at least 4 members (excludes halogenated alkanes) is 1. The summed E-state index contributed by atoms with van der Waals surface area (Å²) in [6, 6.07) is 21.4.